The van der Waals surface area contributed by atoms with E-state index >= 15 is 0 Å². The van der Waals surface area contributed by atoms with Crippen molar-refractivity contribution >= 4 is 5.69 Å². The van der Waals surface area contributed by atoms with Crippen LogP contribution in [0.1, 0.15) is 11.1 Å². The molecule has 24 heavy (non-hydrogen) atoms. The number of anilines is 1. The van der Waals surface area contributed by atoms with E-state index in [0.717, 1.165) is 49.8 Å². The lowest BCUT2D eigenvalue weighted by molar-refractivity contribution is 0.291. The fourth-order valence-electron chi connectivity index (χ4n) is 3.06. The number of hydrogen-bond donors (Lipinski definition) is 2. The van der Waals surface area contributed by atoms with Crippen molar-refractivity contribution in [2.24, 2.45) is 0 Å². The molecule has 0 bridgehead atoms. The number of aryl methyl sites for hydroxylation is 1. The van der Waals surface area contributed by atoms with Gasteiger partial charge in [-0.3, -0.25) is 0 Å². The summed E-state index contributed by atoms with van der Waals surface area (Å²) in [6, 6.07) is 15.9. The third-order valence-electron chi connectivity index (χ3n) is 4.46. The maximum absolute atomic E-state index is 9.96. The lowest BCUT2D eigenvalue weighted by Crippen LogP contribution is -2.46. The molecule has 126 valence electrons. The predicted octanol–water partition coefficient (Wildman–Crippen LogP) is 3.08. The lowest BCUT2D eigenvalue weighted by atomic mass is 10.1. The highest BCUT2D eigenvalue weighted by atomic mass is 16.3. The molecule has 0 atom stereocenters. The van der Waals surface area contributed by atoms with Gasteiger partial charge < -0.3 is 20.2 Å². The molecule has 2 N–H and O–H groups in total. The summed E-state index contributed by atoms with van der Waals surface area (Å²) in [5, 5.41) is 13.3. The molecule has 2 aromatic carbocycles. The number of nitrogens with zero attached hydrogens (tertiary/aromatic N) is 2. The number of nitrogens with one attached hydrogen (secondary N) is 1. The highest BCUT2D eigenvalue weighted by Gasteiger charge is 2.20. The van der Waals surface area contributed by atoms with Crippen LogP contribution in [-0.4, -0.2) is 36.2 Å². The summed E-state index contributed by atoms with van der Waals surface area (Å²) >= 11 is 0. The number of phenols is 1. The van der Waals surface area contributed by atoms with Crippen molar-refractivity contribution in [3.8, 4) is 5.75 Å². The van der Waals surface area contributed by atoms with Gasteiger partial charge in [0.15, 0.2) is 0 Å². The smallest absolute Gasteiger partial charge is 0.117 e. The quantitative estimate of drug-likeness (QED) is 0.887. The molecule has 2 aromatic rings. The fourth-order valence-corrected chi connectivity index (χ4v) is 3.06. The molecule has 0 amide bonds. The third kappa shape index (κ3) is 3.71. The van der Waals surface area contributed by atoms with Gasteiger partial charge in [-0.2, -0.15) is 0 Å². The lowest BCUT2D eigenvalue weighted by Gasteiger charge is -2.38. The minimum absolute atomic E-state index is 0.279. The Kier molecular flexibility index (Phi) is 5.06. The molecular formula is C20H25N3O. The second kappa shape index (κ2) is 7.41. The van der Waals surface area contributed by atoms with Gasteiger partial charge in [-0.15, -0.1) is 0 Å². The van der Waals surface area contributed by atoms with Crippen molar-refractivity contribution in [1.29, 1.82) is 0 Å². The van der Waals surface area contributed by atoms with Gasteiger partial charge in [-0.1, -0.05) is 43.0 Å². The summed E-state index contributed by atoms with van der Waals surface area (Å²) in [5.41, 5.74) is 3.35. The van der Waals surface area contributed by atoms with Gasteiger partial charge in [0, 0.05) is 44.5 Å². The summed E-state index contributed by atoms with van der Waals surface area (Å²) in [6.07, 6.45) is 0. The van der Waals surface area contributed by atoms with E-state index in [9.17, 15) is 5.11 Å². The van der Waals surface area contributed by atoms with Crippen molar-refractivity contribution in [1.82, 2.24) is 10.2 Å². The molecule has 0 spiro atoms. The number of benzene rings is 2. The van der Waals surface area contributed by atoms with Crippen LogP contribution in [0.2, 0.25) is 0 Å². The Morgan fingerprint density at radius 2 is 1.88 bits per heavy atom. The molecule has 0 saturated carbocycles. The zero-order valence-corrected chi connectivity index (χ0v) is 14.2. The SMILES string of the molecule is C=C(N1CCNCC1)N(Cc1ccccc1)c1cc(O)ccc1C. The fraction of sp³-hybridized carbons (Fsp3) is 0.300. The monoisotopic (exact) mass is 323 g/mol. The molecule has 1 fully saturated rings. The Balaban J connectivity index is 1.93. The second-order valence-corrected chi connectivity index (χ2v) is 6.20. The van der Waals surface area contributed by atoms with Crippen molar-refractivity contribution in [2.75, 3.05) is 31.1 Å². The van der Waals surface area contributed by atoms with Crippen molar-refractivity contribution in [2.45, 2.75) is 13.5 Å². The maximum Gasteiger partial charge on any atom is 0.117 e. The zero-order chi connectivity index (χ0) is 16.9. The van der Waals surface area contributed by atoms with Crippen LogP contribution in [0, 0.1) is 6.92 Å². The van der Waals surface area contributed by atoms with E-state index in [1.807, 2.05) is 18.2 Å². The molecule has 0 radical (unpaired) electrons. The van der Waals surface area contributed by atoms with Gasteiger partial charge >= 0.3 is 0 Å². The molecule has 4 nitrogen and oxygen atoms in total. The molecule has 0 unspecified atom stereocenters. The first-order chi connectivity index (χ1) is 11.6. The molecule has 1 aliphatic rings. The summed E-state index contributed by atoms with van der Waals surface area (Å²) in [6.45, 7) is 11.0. The van der Waals surface area contributed by atoms with Crippen LogP contribution in [0.4, 0.5) is 5.69 Å². The van der Waals surface area contributed by atoms with E-state index in [4.69, 9.17) is 0 Å². The number of phenolic OH excluding ortho intramolecular Hbond substituents is 1. The van der Waals surface area contributed by atoms with Gasteiger partial charge in [-0.05, 0) is 24.1 Å². The summed E-state index contributed by atoms with van der Waals surface area (Å²) in [4.78, 5) is 4.51. The zero-order valence-electron chi connectivity index (χ0n) is 14.2. The van der Waals surface area contributed by atoms with Gasteiger partial charge in [0.2, 0.25) is 0 Å². The van der Waals surface area contributed by atoms with Crippen molar-refractivity contribution in [3.05, 3.63) is 72.1 Å². The molecule has 1 heterocycles. The van der Waals surface area contributed by atoms with Crippen LogP contribution in [0.5, 0.6) is 5.75 Å². The normalized spacial score (nSPS) is 14.5. The Bertz CT molecular complexity index is 693. The van der Waals surface area contributed by atoms with E-state index in [1.54, 1.807) is 6.07 Å². The molecule has 0 aromatic heterocycles. The molecule has 3 rings (SSSR count). The van der Waals surface area contributed by atoms with E-state index in [2.05, 4.69) is 52.9 Å². The Morgan fingerprint density at radius 3 is 2.58 bits per heavy atom. The summed E-state index contributed by atoms with van der Waals surface area (Å²) < 4.78 is 0. The number of rotatable bonds is 5. The van der Waals surface area contributed by atoms with Gasteiger partial charge in [-0.25, -0.2) is 0 Å². The minimum atomic E-state index is 0.279. The van der Waals surface area contributed by atoms with Gasteiger partial charge in [0.1, 0.15) is 11.6 Å². The first kappa shape index (κ1) is 16.4. The van der Waals surface area contributed by atoms with Crippen LogP contribution < -0.4 is 10.2 Å². The van der Waals surface area contributed by atoms with Crippen LogP contribution in [0.25, 0.3) is 0 Å². The molecular weight excluding hydrogens is 298 g/mol. The van der Waals surface area contributed by atoms with Crippen LogP contribution in [0.15, 0.2) is 60.9 Å². The Labute approximate surface area is 144 Å². The topological polar surface area (TPSA) is 38.7 Å². The number of hydrogen-bond acceptors (Lipinski definition) is 4. The number of piperazine rings is 1. The first-order valence-electron chi connectivity index (χ1n) is 8.41. The molecule has 0 aliphatic carbocycles. The Morgan fingerprint density at radius 1 is 1.17 bits per heavy atom. The first-order valence-corrected chi connectivity index (χ1v) is 8.41. The van der Waals surface area contributed by atoms with E-state index in [0.29, 0.717) is 0 Å². The molecule has 4 heteroatoms. The minimum Gasteiger partial charge on any atom is -0.508 e. The predicted molar refractivity (Wildman–Crippen MR) is 99.1 cm³/mol. The highest BCUT2D eigenvalue weighted by Crippen LogP contribution is 2.30. The standard InChI is InChI=1S/C20H25N3O/c1-16-8-9-19(24)14-20(16)23(15-18-6-4-3-5-7-18)17(2)22-12-10-21-11-13-22/h3-9,14,21,24H,2,10-13,15H2,1H3. The second-order valence-electron chi connectivity index (χ2n) is 6.20. The molecule has 1 aliphatic heterocycles. The summed E-state index contributed by atoms with van der Waals surface area (Å²) in [7, 11) is 0. The van der Waals surface area contributed by atoms with E-state index in [1.165, 1.54) is 5.56 Å². The van der Waals surface area contributed by atoms with Crippen molar-refractivity contribution < 1.29 is 5.11 Å². The Hall–Kier alpha value is -2.46. The van der Waals surface area contributed by atoms with Gasteiger partial charge in [0.25, 0.3) is 0 Å². The number of aromatic hydroxyl groups is 1. The van der Waals surface area contributed by atoms with Crippen LogP contribution in [0.3, 0.4) is 0 Å². The van der Waals surface area contributed by atoms with Crippen LogP contribution >= 0.6 is 0 Å². The maximum atomic E-state index is 9.96. The third-order valence-corrected chi connectivity index (χ3v) is 4.46. The van der Waals surface area contributed by atoms with Gasteiger partial charge in [0.05, 0.1) is 0 Å². The highest BCUT2D eigenvalue weighted by molar-refractivity contribution is 5.60. The molecule has 1 saturated heterocycles. The van der Waals surface area contributed by atoms with Crippen molar-refractivity contribution in [3.63, 3.8) is 0 Å². The average Bonchev–Trinajstić information content (AvgIpc) is 2.63. The van der Waals surface area contributed by atoms with Crippen LogP contribution in [-0.2, 0) is 6.54 Å². The average molecular weight is 323 g/mol. The van der Waals surface area contributed by atoms with E-state index in [-0.39, 0.29) is 5.75 Å². The summed E-state index contributed by atoms with van der Waals surface area (Å²) in [5.74, 6) is 1.26. The largest absolute Gasteiger partial charge is 0.508 e. The van der Waals surface area contributed by atoms with E-state index < -0.39 is 0 Å².